The fourth-order valence-electron chi connectivity index (χ4n) is 5.25. The van der Waals surface area contributed by atoms with E-state index in [0.717, 1.165) is 32.4 Å². The lowest BCUT2D eigenvalue weighted by molar-refractivity contribution is -0.140. The van der Waals surface area contributed by atoms with Crippen molar-refractivity contribution in [2.24, 2.45) is 4.99 Å². The van der Waals surface area contributed by atoms with E-state index in [1.54, 1.807) is 18.2 Å². The number of allylic oxidation sites excluding steroid dienone is 1. The molecule has 1 aliphatic heterocycles. The predicted octanol–water partition coefficient (Wildman–Crippen LogP) is 6.14. The molecule has 6 nitrogen and oxygen atoms in total. The number of aromatic nitrogens is 2. The van der Waals surface area contributed by atoms with Gasteiger partial charge in [0.1, 0.15) is 5.82 Å². The summed E-state index contributed by atoms with van der Waals surface area (Å²) in [5.74, 6) is -1.57. The number of alkyl halides is 3. The van der Waals surface area contributed by atoms with Crippen molar-refractivity contribution in [3.63, 3.8) is 0 Å². The molecule has 3 aromatic carbocycles. The first-order chi connectivity index (χ1) is 21.0. The standard InChI is InChI=1S/C32H22ClF4N3O3S/c1-2-43-30(42)26-27(19-9-11-21(33)12-10-19)40-29(41)25(44-31(40)38-28(26)32(35,36)37)15-20-17-39(24-6-4-3-5-23(20)24)16-18-7-13-22(34)14-8-18/h3-15,17,27H,2,16H2,1H3/b25-15-/t27-/m1/s1. The van der Waals surface area contributed by atoms with Gasteiger partial charge in [0, 0.05) is 34.2 Å². The molecule has 0 radical (unpaired) electrons. The van der Waals surface area contributed by atoms with Crippen LogP contribution in [0.4, 0.5) is 17.6 Å². The van der Waals surface area contributed by atoms with Gasteiger partial charge in [-0.15, -0.1) is 0 Å². The van der Waals surface area contributed by atoms with Gasteiger partial charge in [-0.25, -0.2) is 14.2 Å². The first-order valence-electron chi connectivity index (χ1n) is 13.4. The van der Waals surface area contributed by atoms with Crippen LogP contribution in [0.15, 0.2) is 100 Å². The minimum absolute atomic E-state index is 0.124. The number of halogens is 5. The highest BCUT2D eigenvalue weighted by molar-refractivity contribution is 7.07. The zero-order chi connectivity index (χ0) is 31.2. The second-order valence-electron chi connectivity index (χ2n) is 9.97. The molecule has 224 valence electrons. The summed E-state index contributed by atoms with van der Waals surface area (Å²) in [7, 11) is 0. The van der Waals surface area contributed by atoms with Gasteiger partial charge in [0.25, 0.3) is 5.56 Å². The van der Waals surface area contributed by atoms with Crippen molar-refractivity contribution in [3.8, 4) is 0 Å². The lowest BCUT2D eigenvalue weighted by Gasteiger charge is -2.26. The number of thiazole rings is 1. The molecule has 0 saturated carbocycles. The molecule has 0 spiro atoms. The number of ether oxygens (including phenoxy) is 1. The van der Waals surface area contributed by atoms with Gasteiger partial charge in [-0.1, -0.05) is 65.4 Å². The van der Waals surface area contributed by atoms with Crippen LogP contribution in [-0.2, 0) is 16.1 Å². The van der Waals surface area contributed by atoms with Gasteiger partial charge < -0.3 is 9.30 Å². The van der Waals surface area contributed by atoms with Crippen molar-refractivity contribution in [1.82, 2.24) is 9.13 Å². The average Bonchev–Trinajstić information content (AvgIpc) is 3.50. The van der Waals surface area contributed by atoms with Crippen molar-refractivity contribution in [2.75, 3.05) is 6.61 Å². The van der Waals surface area contributed by atoms with Crippen molar-refractivity contribution < 1.29 is 27.1 Å². The van der Waals surface area contributed by atoms with E-state index >= 15 is 0 Å². The Morgan fingerprint density at radius 1 is 1.07 bits per heavy atom. The Balaban J connectivity index is 1.56. The summed E-state index contributed by atoms with van der Waals surface area (Å²) < 4.78 is 64.8. The van der Waals surface area contributed by atoms with E-state index in [2.05, 4.69) is 4.99 Å². The van der Waals surface area contributed by atoms with Gasteiger partial charge >= 0.3 is 12.1 Å². The fraction of sp³-hybridized carbons (Fsp3) is 0.156. The summed E-state index contributed by atoms with van der Waals surface area (Å²) in [6, 6.07) is 18.0. The molecule has 6 rings (SSSR count). The van der Waals surface area contributed by atoms with Crippen LogP contribution in [0.1, 0.15) is 29.7 Å². The molecule has 1 atom stereocenters. The number of nitrogens with zero attached hydrogens (tertiary/aromatic N) is 3. The molecular formula is C32H22ClF4N3O3S. The normalized spacial score (nSPS) is 15.4. The van der Waals surface area contributed by atoms with Crippen LogP contribution >= 0.6 is 22.9 Å². The van der Waals surface area contributed by atoms with Gasteiger partial charge in [0.15, 0.2) is 10.5 Å². The number of esters is 1. The summed E-state index contributed by atoms with van der Waals surface area (Å²) in [5, 5.41) is 1.13. The molecule has 44 heavy (non-hydrogen) atoms. The van der Waals surface area contributed by atoms with E-state index in [0.29, 0.717) is 17.1 Å². The number of carbonyl (C=O) groups excluding carboxylic acids is 1. The summed E-state index contributed by atoms with van der Waals surface area (Å²) in [4.78, 5) is 30.6. The van der Waals surface area contributed by atoms with Crippen molar-refractivity contribution in [3.05, 3.63) is 137 Å². The highest BCUT2D eigenvalue weighted by atomic mass is 35.5. The van der Waals surface area contributed by atoms with Crippen LogP contribution in [0.5, 0.6) is 0 Å². The van der Waals surface area contributed by atoms with Crippen LogP contribution in [0, 0.1) is 5.82 Å². The number of para-hydroxylation sites is 1. The highest BCUT2D eigenvalue weighted by Crippen LogP contribution is 2.38. The Morgan fingerprint density at radius 3 is 2.45 bits per heavy atom. The molecule has 0 unspecified atom stereocenters. The van der Waals surface area contributed by atoms with E-state index < -0.39 is 35.0 Å². The maximum absolute atomic E-state index is 14.4. The zero-order valence-electron chi connectivity index (χ0n) is 22.9. The quantitative estimate of drug-likeness (QED) is 0.166. The Kier molecular flexibility index (Phi) is 7.77. The minimum atomic E-state index is -5.00. The zero-order valence-corrected chi connectivity index (χ0v) is 24.5. The average molecular weight is 640 g/mol. The second kappa shape index (κ2) is 11.5. The van der Waals surface area contributed by atoms with Crippen molar-refractivity contribution in [1.29, 1.82) is 0 Å². The first-order valence-corrected chi connectivity index (χ1v) is 14.6. The Morgan fingerprint density at radius 2 is 1.77 bits per heavy atom. The number of benzene rings is 3. The molecule has 0 amide bonds. The number of hydrogen-bond acceptors (Lipinski definition) is 5. The highest BCUT2D eigenvalue weighted by Gasteiger charge is 2.45. The van der Waals surface area contributed by atoms with E-state index in [9.17, 15) is 27.2 Å². The van der Waals surface area contributed by atoms with Gasteiger partial charge in [0.05, 0.1) is 22.8 Å². The summed E-state index contributed by atoms with van der Waals surface area (Å²) >= 11 is 6.84. The van der Waals surface area contributed by atoms with Gasteiger partial charge in [-0.2, -0.15) is 13.2 Å². The van der Waals surface area contributed by atoms with Crippen LogP contribution in [0.2, 0.25) is 5.02 Å². The minimum Gasteiger partial charge on any atom is -0.463 e. The molecule has 0 bridgehead atoms. The molecule has 12 heteroatoms. The number of fused-ring (bicyclic) bond motifs is 2. The third-order valence-corrected chi connectivity index (χ3v) is 8.39. The first kappa shape index (κ1) is 29.6. The Labute approximate surface area is 256 Å². The lowest BCUT2D eigenvalue weighted by atomic mass is 9.95. The van der Waals surface area contributed by atoms with E-state index in [1.807, 2.05) is 35.0 Å². The summed E-state index contributed by atoms with van der Waals surface area (Å²) in [6.45, 7) is 1.72. The number of hydrogen-bond donors (Lipinski definition) is 0. The largest absolute Gasteiger partial charge is 0.463 e. The van der Waals surface area contributed by atoms with Crippen molar-refractivity contribution in [2.45, 2.75) is 25.7 Å². The Bertz CT molecular complexity index is 2110. The predicted molar refractivity (Wildman–Crippen MR) is 160 cm³/mol. The summed E-state index contributed by atoms with van der Waals surface area (Å²) in [6.07, 6.45) is -1.57. The lowest BCUT2D eigenvalue weighted by Crippen LogP contribution is -2.41. The van der Waals surface area contributed by atoms with Crippen LogP contribution in [0.25, 0.3) is 17.0 Å². The Hall–Kier alpha value is -4.48. The van der Waals surface area contributed by atoms with Crippen LogP contribution in [0.3, 0.4) is 0 Å². The molecule has 0 N–H and O–H groups in total. The molecule has 0 aliphatic carbocycles. The molecule has 0 fully saturated rings. The topological polar surface area (TPSA) is 65.6 Å². The van der Waals surface area contributed by atoms with Gasteiger partial charge in [-0.05, 0) is 54.5 Å². The molecule has 0 saturated heterocycles. The maximum Gasteiger partial charge on any atom is 0.434 e. The third-order valence-electron chi connectivity index (χ3n) is 7.15. The molecule has 1 aliphatic rings. The fourth-order valence-corrected chi connectivity index (χ4v) is 6.37. The monoisotopic (exact) mass is 639 g/mol. The number of rotatable bonds is 6. The smallest absolute Gasteiger partial charge is 0.434 e. The van der Waals surface area contributed by atoms with E-state index in [-0.39, 0.29) is 27.3 Å². The molecule has 5 aromatic rings. The van der Waals surface area contributed by atoms with E-state index in [4.69, 9.17) is 16.3 Å². The molecule has 3 heterocycles. The van der Waals surface area contributed by atoms with Crippen molar-refractivity contribution >= 4 is 45.9 Å². The van der Waals surface area contributed by atoms with Crippen LogP contribution < -0.4 is 14.9 Å². The maximum atomic E-state index is 14.4. The molecule has 2 aromatic heterocycles. The molecular weight excluding hydrogens is 618 g/mol. The third kappa shape index (κ3) is 5.48. The SMILES string of the molecule is CCOC(=O)C1=C(C(F)(F)F)N=c2s/c(=C\c3cn(Cc4ccc(F)cc4)c4ccccc34)c(=O)n2[C@@H]1c1ccc(Cl)cc1. The van der Waals surface area contributed by atoms with Gasteiger partial charge in [-0.3, -0.25) is 9.36 Å². The number of carbonyl (C=O) groups is 1. The summed E-state index contributed by atoms with van der Waals surface area (Å²) in [5.41, 5.74) is -0.233. The van der Waals surface area contributed by atoms with Gasteiger partial charge in [0.2, 0.25) is 0 Å². The van der Waals surface area contributed by atoms with Crippen LogP contribution in [-0.4, -0.2) is 27.9 Å². The second-order valence-corrected chi connectivity index (χ2v) is 11.4. The van der Waals surface area contributed by atoms with E-state index in [1.165, 1.54) is 43.3 Å².